The molecule has 0 bridgehead atoms. The number of carbonyl (C=O) groups is 3. The van der Waals surface area contributed by atoms with Crippen molar-refractivity contribution < 1.29 is 14.4 Å². The molecule has 1 aliphatic heterocycles. The molecular weight excluding hydrogens is 406 g/mol. The zero-order valence-corrected chi connectivity index (χ0v) is 18.7. The number of anilines is 1. The number of amides is 3. The van der Waals surface area contributed by atoms with Gasteiger partial charge in [0.05, 0.1) is 5.56 Å². The highest BCUT2D eigenvalue weighted by atomic mass is 16.2. The third kappa shape index (κ3) is 4.44. The second kappa shape index (κ2) is 8.26. The summed E-state index contributed by atoms with van der Waals surface area (Å²) in [6, 6.07) is 5.52. The fourth-order valence-corrected chi connectivity index (χ4v) is 4.70. The van der Waals surface area contributed by atoms with Gasteiger partial charge in [0.1, 0.15) is 5.82 Å². The molecule has 3 heterocycles. The van der Waals surface area contributed by atoms with Crippen molar-refractivity contribution in [2.45, 2.75) is 53.0 Å². The first kappa shape index (κ1) is 21.8. The summed E-state index contributed by atoms with van der Waals surface area (Å²) >= 11 is 0. The van der Waals surface area contributed by atoms with Gasteiger partial charge in [-0.05, 0) is 49.3 Å². The van der Waals surface area contributed by atoms with Crippen LogP contribution in [-0.4, -0.2) is 27.3 Å². The average Bonchev–Trinajstić information content (AvgIpc) is 3.20. The molecule has 168 valence electrons. The van der Waals surface area contributed by atoms with Gasteiger partial charge in [0.15, 0.2) is 0 Å². The van der Waals surface area contributed by atoms with Crippen molar-refractivity contribution in [3.63, 3.8) is 0 Å². The smallest absolute Gasteiger partial charge is 0.250 e. The van der Waals surface area contributed by atoms with E-state index in [1.54, 1.807) is 6.20 Å². The Kier molecular flexibility index (Phi) is 5.62. The summed E-state index contributed by atoms with van der Waals surface area (Å²) in [7, 11) is 0. The lowest BCUT2D eigenvalue weighted by Crippen LogP contribution is -2.29. The molecule has 2 aromatic heterocycles. The topological polar surface area (TPSA) is 119 Å². The van der Waals surface area contributed by atoms with E-state index in [0.29, 0.717) is 17.8 Å². The van der Waals surface area contributed by atoms with Crippen LogP contribution in [0.5, 0.6) is 0 Å². The Morgan fingerprint density at radius 3 is 2.72 bits per heavy atom. The molecule has 0 unspecified atom stereocenters. The first-order chi connectivity index (χ1) is 15.1. The Labute approximate surface area is 187 Å². The summed E-state index contributed by atoms with van der Waals surface area (Å²) in [5, 5.41) is 5.71. The van der Waals surface area contributed by atoms with Crippen LogP contribution >= 0.6 is 0 Å². The van der Waals surface area contributed by atoms with E-state index in [1.165, 1.54) is 6.92 Å². The van der Waals surface area contributed by atoms with Crippen molar-refractivity contribution in [3.05, 3.63) is 47.4 Å². The van der Waals surface area contributed by atoms with E-state index >= 15 is 0 Å². The molecule has 4 rings (SSSR count). The van der Waals surface area contributed by atoms with Crippen LogP contribution in [0.15, 0.2) is 36.2 Å². The Bertz CT molecular complexity index is 1130. The van der Waals surface area contributed by atoms with Gasteiger partial charge in [-0.3, -0.25) is 14.4 Å². The summed E-state index contributed by atoms with van der Waals surface area (Å²) in [4.78, 5) is 40.5. The third-order valence-corrected chi connectivity index (χ3v) is 6.09. The van der Waals surface area contributed by atoms with Crippen LogP contribution in [0.2, 0.25) is 0 Å². The summed E-state index contributed by atoms with van der Waals surface area (Å²) in [6.45, 7) is 6.58. The average molecular weight is 436 g/mol. The first-order valence-corrected chi connectivity index (χ1v) is 10.9. The van der Waals surface area contributed by atoms with E-state index in [0.717, 1.165) is 48.5 Å². The molecule has 32 heavy (non-hydrogen) atoms. The van der Waals surface area contributed by atoms with Crippen LogP contribution < -0.4 is 16.4 Å². The van der Waals surface area contributed by atoms with Crippen LogP contribution in [0.25, 0.3) is 11.3 Å². The molecule has 0 spiro atoms. The Hall–Kier alpha value is -3.42. The van der Waals surface area contributed by atoms with Crippen LogP contribution in [0.3, 0.4) is 0 Å². The van der Waals surface area contributed by atoms with Gasteiger partial charge in [-0.1, -0.05) is 19.9 Å². The van der Waals surface area contributed by atoms with Gasteiger partial charge < -0.3 is 20.9 Å². The Balaban J connectivity index is 1.55. The number of nitrogens with one attached hydrogen (secondary N) is 2. The lowest BCUT2D eigenvalue weighted by molar-refractivity contribution is -0.121. The molecule has 8 nitrogen and oxygen atoms in total. The number of allylic oxidation sites excluding steroid dienone is 2. The van der Waals surface area contributed by atoms with E-state index in [4.69, 9.17) is 5.73 Å². The molecule has 0 fully saturated rings. The van der Waals surface area contributed by atoms with Crippen LogP contribution in [0, 0.1) is 11.3 Å². The standard InChI is InChI=1S/C24H29N5O3/c1-14(30)27-17-6-4-5-16(9-17)23(32)28-21-10-15(7-8-26-21)19-11-18(22(25)31)20-12-24(2,3)13-29(19)20/h6-8,10-11,16H,4-5,9,12-13H2,1-3H3,(H2,25,31)(H,27,30)(H,26,28,32)/t16-/m0/s1. The zero-order valence-electron chi connectivity index (χ0n) is 18.7. The number of carbonyl (C=O) groups excluding carboxylic acids is 3. The van der Waals surface area contributed by atoms with E-state index in [1.807, 2.05) is 24.3 Å². The van der Waals surface area contributed by atoms with Gasteiger partial charge in [0.2, 0.25) is 11.8 Å². The van der Waals surface area contributed by atoms with E-state index in [2.05, 4.69) is 34.0 Å². The highest BCUT2D eigenvalue weighted by molar-refractivity contribution is 5.96. The molecule has 4 N–H and O–H groups in total. The van der Waals surface area contributed by atoms with Crippen molar-refractivity contribution in [2.75, 3.05) is 5.32 Å². The lowest BCUT2D eigenvalue weighted by atomic mass is 9.90. The summed E-state index contributed by atoms with van der Waals surface area (Å²) in [5.74, 6) is -0.459. The second-order valence-corrected chi connectivity index (χ2v) is 9.49. The molecule has 0 aromatic carbocycles. The van der Waals surface area contributed by atoms with Crippen LogP contribution in [-0.2, 0) is 22.6 Å². The normalized spacial score (nSPS) is 19.1. The number of hydrogen-bond donors (Lipinski definition) is 3. The molecule has 2 aliphatic rings. The van der Waals surface area contributed by atoms with Gasteiger partial charge >= 0.3 is 0 Å². The number of nitrogens with zero attached hydrogens (tertiary/aromatic N) is 2. The van der Waals surface area contributed by atoms with E-state index in [9.17, 15) is 14.4 Å². The maximum Gasteiger partial charge on any atom is 0.250 e. The fourth-order valence-electron chi connectivity index (χ4n) is 4.70. The maximum absolute atomic E-state index is 12.9. The van der Waals surface area contributed by atoms with Crippen molar-refractivity contribution in [1.29, 1.82) is 0 Å². The Morgan fingerprint density at radius 2 is 2.00 bits per heavy atom. The monoisotopic (exact) mass is 435 g/mol. The second-order valence-electron chi connectivity index (χ2n) is 9.49. The van der Waals surface area contributed by atoms with Crippen molar-refractivity contribution >= 4 is 23.5 Å². The minimum atomic E-state index is -0.430. The quantitative estimate of drug-likeness (QED) is 0.669. The van der Waals surface area contributed by atoms with Gasteiger partial charge in [-0.25, -0.2) is 4.98 Å². The largest absolute Gasteiger partial charge is 0.366 e. The molecule has 0 saturated heterocycles. The Morgan fingerprint density at radius 1 is 1.22 bits per heavy atom. The van der Waals surface area contributed by atoms with Crippen LogP contribution in [0.4, 0.5) is 5.82 Å². The molecule has 8 heteroatoms. The minimum Gasteiger partial charge on any atom is -0.366 e. The highest BCUT2D eigenvalue weighted by Crippen LogP contribution is 2.39. The van der Waals surface area contributed by atoms with Gasteiger partial charge in [0, 0.05) is 48.2 Å². The molecular formula is C24H29N5O3. The molecule has 0 saturated carbocycles. The van der Waals surface area contributed by atoms with E-state index < -0.39 is 5.91 Å². The summed E-state index contributed by atoms with van der Waals surface area (Å²) < 4.78 is 2.15. The van der Waals surface area contributed by atoms with Crippen molar-refractivity contribution in [3.8, 4) is 11.3 Å². The first-order valence-electron chi connectivity index (χ1n) is 10.9. The molecule has 1 aliphatic carbocycles. The van der Waals surface area contributed by atoms with Crippen LogP contribution in [0.1, 0.15) is 56.1 Å². The molecule has 1 atom stereocenters. The number of primary amides is 1. The maximum atomic E-state index is 12.9. The third-order valence-electron chi connectivity index (χ3n) is 6.09. The predicted octanol–water partition coefficient (Wildman–Crippen LogP) is 2.99. The van der Waals surface area contributed by atoms with Gasteiger partial charge in [-0.2, -0.15) is 0 Å². The number of nitrogens with two attached hydrogens (primary N) is 1. The number of pyridine rings is 1. The number of rotatable bonds is 5. The van der Waals surface area contributed by atoms with E-state index in [-0.39, 0.29) is 23.1 Å². The molecule has 2 aromatic rings. The minimum absolute atomic E-state index is 0.0414. The van der Waals surface area contributed by atoms with Gasteiger partial charge in [0.25, 0.3) is 5.91 Å². The highest BCUT2D eigenvalue weighted by Gasteiger charge is 2.34. The summed E-state index contributed by atoms with van der Waals surface area (Å²) in [5.41, 5.74) is 9.73. The SMILES string of the molecule is CC(=O)NC1=CCC[C@H](C(=O)Nc2cc(-c3cc(C(N)=O)c4n3CC(C)(C)C4)ccn2)C1. The summed E-state index contributed by atoms with van der Waals surface area (Å²) in [6.07, 6.45) is 6.36. The fraction of sp³-hybridized carbons (Fsp3) is 0.417. The van der Waals surface area contributed by atoms with Gasteiger partial charge in [-0.15, -0.1) is 0 Å². The lowest BCUT2D eigenvalue weighted by Gasteiger charge is -2.22. The predicted molar refractivity (Wildman–Crippen MR) is 122 cm³/mol. The number of aromatic nitrogens is 2. The van der Waals surface area contributed by atoms with Crippen molar-refractivity contribution in [2.24, 2.45) is 17.1 Å². The molecule has 0 radical (unpaired) electrons. The zero-order chi connectivity index (χ0) is 23.0. The number of hydrogen-bond acceptors (Lipinski definition) is 4. The van der Waals surface area contributed by atoms with Crippen molar-refractivity contribution in [1.82, 2.24) is 14.9 Å². The number of fused-ring (bicyclic) bond motifs is 1. The molecule has 3 amide bonds.